The first-order valence-electron chi connectivity index (χ1n) is 11.4. The maximum Gasteiger partial charge on any atom is 0.223 e. The van der Waals surface area contributed by atoms with Gasteiger partial charge in [-0.2, -0.15) is 0 Å². The van der Waals surface area contributed by atoms with Gasteiger partial charge in [-0.1, -0.05) is 38.3 Å². The molecular formula is C24H35NO4S. The van der Waals surface area contributed by atoms with Crippen LogP contribution < -0.4 is 5.32 Å². The lowest BCUT2D eigenvalue weighted by Crippen LogP contribution is -2.61. The molecule has 1 aromatic carbocycles. The Balaban J connectivity index is 1.59. The van der Waals surface area contributed by atoms with Crippen LogP contribution in [-0.4, -0.2) is 32.2 Å². The molecule has 2 aliphatic carbocycles. The summed E-state index contributed by atoms with van der Waals surface area (Å²) >= 11 is 0. The molecule has 1 aliphatic heterocycles. The third kappa shape index (κ3) is 4.45. The number of nitrogens with one attached hydrogen (secondary N) is 1. The van der Waals surface area contributed by atoms with E-state index < -0.39 is 9.84 Å². The van der Waals surface area contributed by atoms with E-state index in [9.17, 15) is 13.2 Å². The van der Waals surface area contributed by atoms with Crippen molar-refractivity contribution in [3.8, 4) is 0 Å². The first-order valence-corrected chi connectivity index (χ1v) is 13.3. The minimum atomic E-state index is -3.22. The van der Waals surface area contributed by atoms with Crippen LogP contribution in [0.2, 0.25) is 0 Å². The summed E-state index contributed by atoms with van der Waals surface area (Å²) in [4.78, 5) is 13.4. The summed E-state index contributed by atoms with van der Waals surface area (Å²) in [6.07, 6.45) is 9.49. The molecule has 0 spiro atoms. The van der Waals surface area contributed by atoms with E-state index in [1.807, 2.05) is 12.1 Å². The molecule has 30 heavy (non-hydrogen) atoms. The van der Waals surface area contributed by atoms with Crippen LogP contribution >= 0.6 is 0 Å². The van der Waals surface area contributed by atoms with E-state index >= 15 is 0 Å². The van der Waals surface area contributed by atoms with Crippen molar-refractivity contribution < 1.29 is 17.9 Å². The van der Waals surface area contributed by atoms with E-state index in [4.69, 9.17) is 4.74 Å². The minimum Gasteiger partial charge on any atom is -0.370 e. The van der Waals surface area contributed by atoms with Gasteiger partial charge in [0.15, 0.2) is 9.84 Å². The predicted octanol–water partition coefficient (Wildman–Crippen LogP) is 4.42. The van der Waals surface area contributed by atoms with Crippen molar-refractivity contribution in [2.24, 2.45) is 17.8 Å². The average molecular weight is 434 g/mol. The lowest BCUT2D eigenvalue weighted by Gasteiger charge is -2.52. The highest BCUT2D eigenvalue weighted by molar-refractivity contribution is 7.90. The minimum absolute atomic E-state index is 0.121. The number of hydrogen-bond donors (Lipinski definition) is 1. The summed E-state index contributed by atoms with van der Waals surface area (Å²) in [5.41, 5.74) is 0.684. The van der Waals surface area contributed by atoms with Crippen LogP contribution in [-0.2, 0) is 19.4 Å². The van der Waals surface area contributed by atoms with Gasteiger partial charge < -0.3 is 10.1 Å². The topological polar surface area (TPSA) is 72.5 Å². The van der Waals surface area contributed by atoms with Crippen molar-refractivity contribution in [1.29, 1.82) is 0 Å². The first-order chi connectivity index (χ1) is 14.2. The van der Waals surface area contributed by atoms with Gasteiger partial charge in [0.1, 0.15) is 0 Å². The molecule has 1 N–H and O–H groups in total. The molecule has 6 heteroatoms. The molecule has 5 nitrogen and oxygen atoms in total. The second-order valence-corrected chi connectivity index (χ2v) is 12.1. The van der Waals surface area contributed by atoms with Gasteiger partial charge in [-0.25, -0.2) is 8.42 Å². The molecule has 0 bridgehead atoms. The fraction of sp³-hybridized carbons (Fsp3) is 0.708. The number of carbonyl (C=O) groups is 1. The van der Waals surface area contributed by atoms with Gasteiger partial charge in [0.25, 0.3) is 0 Å². The number of sulfone groups is 1. The Morgan fingerprint density at radius 1 is 1.10 bits per heavy atom. The molecule has 1 saturated heterocycles. The van der Waals surface area contributed by atoms with Crippen molar-refractivity contribution in [2.45, 2.75) is 87.9 Å². The Hall–Kier alpha value is -1.40. The van der Waals surface area contributed by atoms with Gasteiger partial charge in [0.2, 0.25) is 5.91 Å². The number of hydrogen-bond acceptors (Lipinski definition) is 4. The van der Waals surface area contributed by atoms with Crippen LogP contribution in [0, 0.1) is 17.8 Å². The lowest BCUT2D eigenvalue weighted by molar-refractivity contribution is -0.155. The summed E-state index contributed by atoms with van der Waals surface area (Å²) in [6.45, 7) is 4.48. The molecule has 166 valence electrons. The number of ether oxygens (including phenoxy) is 1. The molecule has 0 aromatic heterocycles. The van der Waals surface area contributed by atoms with Crippen LogP contribution in [0.25, 0.3) is 0 Å². The monoisotopic (exact) mass is 433 g/mol. The van der Waals surface area contributed by atoms with Crippen LogP contribution in [0.5, 0.6) is 0 Å². The first kappa shape index (κ1) is 21.8. The van der Waals surface area contributed by atoms with Gasteiger partial charge in [0.05, 0.1) is 17.1 Å². The van der Waals surface area contributed by atoms with E-state index in [1.165, 1.54) is 12.7 Å². The molecule has 1 amide bonds. The summed E-state index contributed by atoms with van der Waals surface area (Å²) in [5.74, 6) is 1.30. The SMILES string of the molecule is C[C@H]1CC[C@H]2[C@H](C1)O[C@H](c1ccc(S(C)(=O)=O)cc1)C[C@]2(C)NC(=O)C1CCCC1. The molecule has 2 saturated carbocycles. The number of benzene rings is 1. The van der Waals surface area contributed by atoms with E-state index in [-0.39, 0.29) is 29.6 Å². The van der Waals surface area contributed by atoms with E-state index in [0.29, 0.717) is 16.7 Å². The summed E-state index contributed by atoms with van der Waals surface area (Å²) in [7, 11) is -3.22. The number of fused-ring (bicyclic) bond motifs is 1. The Morgan fingerprint density at radius 2 is 1.77 bits per heavy atom. The van der Waals surface area contributed by atoms with E-state index in [1.54, 1.807) is 12.1 Å². The van der Waals surface area contributed by atoms with Crippen molar-refractivity contribution in [3.63, 3.8) is 0 Å². The molecule has 4 rings (SSSR count). The Bertz CT molecular complexity index is 875. The molecule has 1 aromatic rings. The molecule has 3 aliphatic rings. The highest BCUT2D eigenvalue weighted by Gasteiger charge is 2.50. The molecule has 0 unspecified atom stereocenters. The summed E-state index contributed by atoms with van der Waals surface area (Å²) < 4.78 is 30.2. The molecule has 3 fully saturated rings. The quantitative estimate of drug-likeness (QED) is 0.763. The maximum atomic E-state index is 13.0. The van der Waals surface area contributed by atoms with Gasteiger partial charge >= 0.3 is 0 Å². The maximum absolute atomic E-state index is 13.0. The van der Waals surface area contributed by atoms with Crippen molar-refractivity contribution in [2.75, 3.05) is 6.26 Å². The molecular weight excluding hydrogens is 398 g/mol. The third-order valence-electron chi connectivity index (χ3n) is 7.64. The van der Waals surface area contributed by atoms with Gasteiger partial charge in [-0.3, -0.25) is 4.79 Å². The fourth-order valence-electron chi connectivity index (χ4n) is 5.84. The van der Waals surface area contributed by atoms with Crippen LogP contribution in [0.4, 0.5) is 0 Å². The highest BCUT2D eigenvalue weighted by atomic mass is 32.2. The molecule has 5 atom stereocenters. The number of rotatable bonds is 4. The van der Waals surface area contributed by atoms with Crippen LogP contribution in [0.15, 0.2) is 29.2 Å². The fourth-order valence-corrected chi connectivity index (χ4v) is 6.48. The average Bonchev–Trinajstić information content (AvgIpc) is 3.22. The summed E-state index contributed by atoms with van der Waals surface area (Å²) in [5, 5.41) is 3.47. The Kier molecular flexibility index (Phi) is 6.01. The zero-order chi connectivity index (χ0) is 21.5. The number of carbonyl (C=O) groups excluding carboxylic acids is 1. The Labute approximate surface area is 180 Å². The predicted molar refractivity (Wildman–Crippen MR) is 117 cm³/mol. The zero-order valence-corrected chi connectivity index (χ0v) is 19.2. The van der Waals surface area contributed by atoms with Gasteiger partial charge in [-0.15, -0.1) is 0 Å². The second-order valence-electron chi connectivity index (χ2n) is 10.1. The van der Waals surface area contributed by atoms with Crippen molar-refractivity contribution >= 4 is 15.7 Å². The van der Waals surface area contributed by atoms with E-state index in [2.05, 4.69) is 19.2 Å². The van der Waals surface area contributed by atoms with Gasteiger partial charge in [0, 0.05) is 30.1 Å². The van der Waals surface area contributed by atoms with Crippen molar-refractivity contribution in [1.82, 2.24) is 5.32 Å². The normalized spacial score (nSPS) is 35.0. The van der Waals surface area contributed by atoms with Crippen LogP contribution in [0.3, 0.4) is 0 Å². The molecule has 0 radical (unpaired) electrons. The second kappa shape index (κ2) is 8.27. The summed E-state index contributed by atoms with van der Waals surface area (Å²) in [6, 6.07) is 7.07. The lowest BCUT2D eigenvalue weighted by atomic mass is 9.66. The van der Waals surface area contributed by atoms with Crippen LogP contribution in [0.1, 0.15) is 76.9 Å². The van der Waals surface area contributed by atoms with Crippen molar-refractivity contribution in [3.05, 3.63) is 29.8 Å². The Morgan fingerprint density at radius 3 is 2.40 bits per heavy atom. The van der Waals surface area contributed by atoms with E-state index in [0.717, 1.165) is 50.5 Å². The zero-order valence-electron chi connectivity index (χ0n) is 18.4. The standard InChI is InChI=1S/C24H35NO4S/c1-16-8-13-20-21(14-16)29-22(17-9-11-19(12-10-17)30(3,27)28)15-24(20,2)25-23(26)18-6-4-5-7-18/h9-12,16,18,20-22H,4-8,13-15H2,1-3H3,(H,25,26)/t16-,20-,21-,22-,24-/m0/s1. The third-order valence-corrected chi connectivity index (χ3v) is 8.76. The highest BCUT2D eigenvalue weighted by Crippen LogP contribution is 2.48. The van der Waals surface area contributed by atoms with Gasteiger partial charge in [-0.05, 0) is 56.2 Å². The smallest absolute Gasteiger partial charge is 0.223 e. The number of amides is 1. The largest absolute Gasteiger partial charge is 0.370 e. The molecule has 1 heterocycles.